The Morgan fingerprint density at radius 2 is 0.600 bits per heavy atom. The van der Waals surface area contributed by atoms with E-state index in [1.165, 1.54) is 48.5 Å². The fraction of sp³-hybridized carbons (Fsp3) is 0.0278. The molecule has 11 aromatic rings. The summed E-state index contributed by atoms with van der Waals surface area (Å²) in [4.78, 5) is 1.70. The van der Waals surface area contributed by atoms with Gasteiger partial charge in [0.2, 0.25) is 11.6 Å². The summed E-state index contributed by atoms with van der Waals surface area (Å²) in [5.41, 5.74) is -2.04. The summed E-state index contributed by atoms with van der Waals surface area (Å²) < 4.78 is 175. The second-order valence-electron chi connectivity index (χ2n) is 20.4. The third kappa shape index (κ3) is 8.27. The molecule has 0 N–H and O–H groups in total. The first kappa shape index (κ1) is 53.9. The second-order valence-corrected chi connectivity index (χ2v) is 20.4. The topological polar surface area (TPSA) is 21.7 Å². The van der Waals surface area contributed by atoms with Gasteiger partial charge >= 0.3 is 0 Å². The van der Waals surface area contributed by atoms with Gasteiger partial charge < -0.3 is 14.4 Å². The van der Waals surface area contributed by atoms with Crippen LogP contribution in [0.1, 0.15) is 55.6 Å². The van der Waals surface area contributed by atoms with Crippen LogP contribution < -0.4 is 14.4 Å². The molecule has 3 nitrogen and oxygen atoms in total. The molecule has 0 bridgehead atoms. The van der Waals surface area contributed by atoms with Crippen molar-refractivity contribution in [3.8, 4) is 45.3 Å². The first-order valence-electron chi connectivity index (χ1n) is 26.6. The summed E-state index contributed by atoms with van der Waals surface area (Å²) in [6.45, 7) is 7.56. The van der Waals surface area contributed by atoms with E-state index in [0.29, 0.717) is 39.4 Å². The molecule has 0 heterocycles. The van der Waals surface area contributed by atoms with E-state index < -0.39 is 80.1 Å². The van der Waals surface area contributed by atoms with Crippen molar-refractivity contribution in [3.05, 3.63) is 339 Å². The van der Waals surface area contributed by atoms with Gasteiger partial charge in [0.05, 0.1) is 10.8 Å². The van der Waals surface area contributed by atoms with Crippen molar-refractivity contribution in [2.75, 3.05) is 4.90 Å². The minimum absolute atomic E-state index is 0.0876. The van der Waals surface area contributed by atoms with Crippen molar-refractivity contribution in [1.29, 1.82) is 0 Å². The molecular formula is C72H41F10NO2. The maximum Gasteiger partial charge on any atom is 0.200 e. The van der Waals surface area contributed by atoms with Crippen LogP contribution in [0.25, 0.3) is 34.4 Å². The largest absolute Gasteiger partial charge is 0.457 e. The second kappa shape index (κ2) is 20.8. The third-order valence-corrected chi connectivity index (χ3v) is 16.0. The Morgan fingerprint density at radius 1 is 0.294 bits per heavy atom. The molecule has 416 valence electrons. The van der Waals surface area contributed by atoms with Gasteiger partial charge in [0.25, 0.3) is 0 Å². The Bertz CT molecular complexity index is 4190. The highest BCUT2D eigenvalue weighted by atomic mass is 19.2. The van der Waals surface area contributed by atoms with Crippen molar-refractivity contribution in [1.82, 2.24) is 0 Å². The number of anilines is 3. The Labute approximate surface area is 480 Å². The molecule has 0 aromatic heterocycles. The maximum atomic E-state index is 17.2. The zero-order chi connectivity index (χ0) is 59.1. The van der Waals surface area contributed by atoms with Crippen molar-refractivity contribution in [2.45, 2.75) is 10.8 Å². The lowest BCUT2D eigenvalue weighted by Crippen LogP contribution is -2.33. The molecule has 0 aliphatic heterocycles. The highest BCUT2D eigenvalue weighted by Gasteiger charge is 2.53. The lowest BCUT2D eigenvalue weighted by molar-refractivity contribution is 0.363. The average Bonchev–Trinajstić information content (AvgIpc) is 1.61. The number of ether oxygens (including phenoxy) is 2. The highest BCUT2D eigenvalue weighted by Crippen LogP contribution is 2.61. The van der Waals surface area contributed by atoms with Crippen LogP contribution in [0.5, 0.6) is 23.0 Å². The molecule has 0 amide bonds. The number of hydrogen-bond acceptors (Lipinski definition) is 3. The van der Waals surface area contributed by atoms with Crippen LogP contribution in [-0.4, -0.2) is 0 Å². The number of fused-ring (bicyclic) bond motifs is 6. The first-order valence-corrected chi connectivity index (χ1v) is 26.6. The summed E-state index contributed by atoms with van der Waals surface area (Å²) in [7, 11) is 0. The van der Waals surface area contributed by atoms with Crippen molar-refractivity contribution in [2.24, 2.45) is 0 Å². The van der Waals surface area contributed by atoms with Gasteiger partial charge in [-0.25, -0.2) is 43.9 Å². The molecule has 2 unspecified atom stereocenters. The summed E-state index contributed by atoms with van der Waals surface area (Å²) in [5, 5.41) is 0. The van der Waals surface area contributed by atoms with E-state index in [2.05, 4.69) is 13.2 Å². The molecule has 0 saturated carbocycles. The molecule has 0 fully saturated rings. The summed E-state index contributed by atoms with van der Waals surface area (Å²) in [5.74, 6) is -20.2. The van der Waals surface area contributed by atoms with Gasteiger partial charge in [-0.05, 0) is 152 Å². The third-order valence-electron chi connectivity index (χ3n) is 16.0. The minimum atomic E-state index is -2.35. The van der Waals surface area contributed by atoms with E-state index in [9.17, 15) is 0 Å². The van der Waals surface area contributed by atoms with Crippen LogP contribution in [0.3, 0.4) is 0 Å². The molecule has 11 aromatic carbocycles. The van der Waals surface area contributed by atoms with Crippen molar-refractivity contribution < 1.29 is 53.4 Å². The summed E-state index contributed by atoms with van der Waals surface area (Å²) in [6.07, 6.45) is 3.32. The van der Waals surface area contributed by atoms with Gasteiger partial charge in [0.15, 0.2) is 46.5 Å². The van der Waals surface area contributed by atoms with Crippen LogP contribution in [0.15, 0.2) is 225 Å². The van der Waals surface area contributed by atoms with Crippen LogP contribution in [0.4, 0.5) is 61.0 Å². The molecule has 0 saturated heterocycles. The van der Waals surface area contributed by atoms with Crippen LogP contribution in [0, 0.1) is 58.2 Å². The van der Waals surface area contributed by atoms with Crippen LogP contribution in [-0.2, 0) is 10.8 Å². The van der Waals surface area contributed by atoms with Gasteiger partial charge in [0.1, 0.15) is 23.0 Å². The number of rotatable bonds is 13. The van der Waals surface area contributed by atoms with Crippen LogP contribution in [0.2, 0.25) is 0 Å². The first-order chi connectivity index (χ1) is 41.2. The zero-order valence-corrected chi connectivity index (χ0v) is 44.3. The van der Waals surface area contributed by atoms with E-state index in [4.69, 9.17) is 9.47 Å². The maximum absolute atomic E-state index is 17.2. The van der Waals surface area contributed by atoms with Crippen LogP contribution >= 0.6 is 0 Å². The van der Waals surface area contributed by atoms with E-state index in [1.807, 2.05) is 0 Å². The molecule has 2 atom stereocenters. The van der Waals surface area contributed by atoms with Gasteiger partial charge in [0, 0.05) is 28.2 Å². The fourth-order valence-electron chi connectivity index (χ4n) is 12.3. The quantitative estimate of drug-likeness (QED) is 0.0652. The standard InChI is InChI=1S/C72H41F10NO2/c1-3-40-18-28-47(29-19-40)84-49-32-22-42(23-33-49)71(59-61(73)65(77)69(81)66(78)62(59)74)55-16-10-8-14-51(55)53-36-26-45(38-57(53)71)83(44-12-6-5-7-13-44)46-27-37-54-52-15-9-11-17-56(52)72(58(54)39-46,60-63(75)67(79)70(82)68(80)64(60)76)43-24-34-50(35-25-43)85-48-30-20-41(4-2)21-31-48/h3-39H,1-2H2. The van der Waals surface area contributed by atoms with Gasteiger partial charge in [-0.2, -0.15) is 0 Å². The summed E-state index contributed by atoms with van der Waals surface area (Å²) in [6, 6.07) is 57.6. The molecule has 85 heavy (non-hydrogen) atoms. The van der Waals surface area contributed by atoms with E-state index in [1.54, 1.807) is 181 Å². The fourth-order valence-corrected chi connectivity index (χ4v) is 12.3. The molecular weight excluding hydrogens is 1100 g/mol. The van der Waals surface area contributed by atoms with Gasteiger partial charge in [-0.3, -0.25) is 0 Å². The predicted octanol–water partition coefficient (Wildman–Crippen LogP) is 20.1. The van der Waals surface area contributed by atoms with Crippen molar-refractivity contribution >= 4 is 29.2 Å². The smallest absolute Gasteiger partial charge is 0.200 e. The monoisotopic (exact) mass is 1140 g/mol. The number of benzene rings is 11. The Balaban J connectivity index is 1.05. The molecule has 13 heteroatoms. The van der Waals surface area contributed by atoms with Crippen molar-refractivity contribution in [3.63, 3.8) is 0 Å². The average molecular weight is 1140 g/mol. The molecule has 0 spiro atoms. The SMILES string of the molecule is C=Cc1ccc(Oc2ccc(C3(c4c(F)c(F)c(F)c(F)c4F)c4ccccc4-c4ccc(N(c5ccccc5)c5ccc6c(c5)C(c5ccc(Oc7ccc(C=C)cc7)cc5)(c5c(F)c(F)c(F)c(F)c5F)c5ccccc5-6)cc43)cc2)cc1. The number of nitrogens with zero attached hydrogens (tertiary/aromatic N) is 1. The minimum Gasteiger partial charge on any atom is -0.457 e. The lowest BCUT2D eigenvalue weighted by Gasteiger charge is -2.36. The zero-order valence-electron chi connectivity index (χ0n) is 44.3. The Hall–Kier alpha value is -10.4. The Morgan fingerprint density at radius 3 is 0.953 bits per heavy atom. The number of hydrogen-bond donors (Lipinski definition) is 0. The number of para-hydroxylation sites is 1. The van der Waals surface area contributed by atoms with Gasteiger partial charge in [-0.15, -0.1) is 0 Å². The van der Waals surface area contributed by atoms with E-state index >= 15 is 43.9 Å². The number of halogens is 10. The molecule has 13 rings (SSSR count). The van der Waals surface area contributed by atoms with E-state index in [-0.39, 0.29) is 56.3 Å². The summed E-state index contributed by atoms with van der Waals surface area (Å²) >= 11 is 0. The predicted molar refractivity (Wildman–Crippen MR) is 309 cm³/mol. The lowest BCUT2D eigenvalue weighted by atomic mass is 9.67. The molecule has 2 aliphatic rings. The normalized spacial score (nSPS) is 15.4. The molecule has 2 aliphatic carbocycles. The van der Waals surface area contributed by atoms with E-state index in [0.717, 1.165) is 11.1 Å². The molecule has 0 radical (unpaired) electrons. The Kier molecular flexibility index (Phi) is 13.2. The highest BCUT2D eigenvalue weighted by molar-refractivity contribution is 5.92. The van der Waals surface area contributed by atoms with Gasteiger partial charge in [-0.1, -0.05) is 153 Å².